The minimum Gasteiger partial charge on any atom is -0.397 e. The molecule has 0 bridgehead atoms. The van der Waals surface area contributed by atoms with Crippen LogP contribution < -0.4 is 20.9 Å². The van der Waals surface area contributed by atoms with Gasteiger partial charge in [0.05, 0.1) is 28.8 Å². The van der Waals surface area contributed by atoms with Crippen LogP contribution in [-0.2, 0) is 6.42 Å². The molecule has 1 aliphatic carbocycles. The Morgan fingerprint density at radius 3 is 2.38 bits per heavy atom. The summed E-state index contributed by atoms with van der Waals surface area (Å²) in [6, 6.07) is 32.0. The normalized spacial score (nSPS) is 18.4. The Morgan fingerprint density at radius 1 is 0.812 bits per heavy atom. The van der Waals surface area contributed by atoms with Crippen molar-refractivity contribution in [3.63, 3.8) is 0 Å². The number of nitrogens with zero attached hydrogens (tertiary/aromatic N) is 2. The van der Waals surface area contributed by atoms with E-state index < -0.39 is 0 Å². The van der Waals surface area contributed by atoms with Crippen LogP contribution in [-0.4, -0.2) is 19.6 Å². The average Bonchev–Trinajstić information content (AvgIpc) is 3.12. The molecule has 1 unspecified atom stereocenters. The first-order valence-corrected chi connectivity index (χ1v) is 16.7. The van der Waals surface area contributed by atoms with Gasteiger partial charge in [-0.2, -0.15) is 0 Å². The molecule has 0 saturated heterocycles. The van der Waals surface area contributed by atoms with Crippen molar-refractivity contribution in [1.29, 1.82) is 0 Å². The van der Waals surface area contributed by atoms with Crippen molar-refractivity contribution >= 4 is 39.5 Å². The second-order valence-electron chi connectivity index (χ2n) is 12.7. The molecule has 2 heterocycles. The second-order valence-corrected chi connectivity index (χ2v) is 12.7. The molecule has 7 rings (SSSR count). The quantitative estimate of drug-likeness (QED) is 0.200. The van der Waals surface area contributed by atoms with Crippen molar-refractivity contribution in [1.82, 2.24) is 0 Å². The lowest BCUT2D eigenvalue weighted by Crippen LogP contribution is -2.39. The average molecular weight is 627 g/mol. The van der Waals surface area contributed by atoms with E-state index in [0.29, 0.717) is 6.54 Å². The molecule has 0 aromatic heterocycles. The topological polar surface area (TPSA) is 44.5 Å². The van der Waals surface area contributed by atoms with Crippen molar-refractivity contribution in [2.24, 2.45) is 0 Å². The molecule has 3 aliphatic rings. The van der Waals surface area contributed by atoms with Crippen LogP contribution in [0.4, 0.5) is 22.7 Å². The van der Waals surface area contributed by atoms with Crippen LogP contribution in [0.2, 0.25) is 0 Å². The van der Waals surface area contributed by atoms with Gasteiger partial charge >= 0.3 is 0 Å². The molecule has 0 amide bonds. The molecule has 4 nitrogen and oxygen atoms in total. The lowest BCUT2D eigenvalue weighted by molar-refractivity contribution is 0.669. The molecule has 0 radical (unpaired) electrons. The highest BCUT2D eigenvalue weighted by molar-refractivity contribution is 5.99. The Hall–Kier alpha value is -5.74. The minimum atomic E-state index is 0.0624. The molecule has 48 heavy (non-hydrogen) atoms. The third kappa shape index (κ3) is 6.17. The molecule has 0 spiro atoms. The molecule has 4 aromatic rings. The fourth-order valence-electron chi connectivity index (χ4n) is 6.97. The number of allylic oxidation sites excluding steroid dienone is 9. The second kappa shape index (κ2) is 13.5. The first-order valence-electron chi connectivity index (χ1n) is 16.7. The zero-order valence-corrected chi connectivity index (χ0v) is 27.6. The molecule has 0 fully saturated rings. The minimum absolute atomic E-state index is 0.0624. The molecule has 1 atom stereocenters. The Labute approximate surface area is 284 Å². The van der Waals surface area contributed by atoms with E-state index >= 15 is 0 Å². The van der Waals surface area contributed by atoms with E-state index in [1.807, 2.05) is 24.3 Å². The highest BCUT2D eigenvalue weighted by Crippen LogP contribution is 2.45. The molecule has 3 N–H and O–H groups in total. The monoisotopic (exact) mass is 626 g/mol. The first-order chi connectivity index (χ1) is 23.5. The summed E-state index contributed by atoms with van der Waals surface area (Å²) < 4.78 is 0. The number of nitrogens with two attached hydrogens (primary N) is 1. The van der Waals surface area contributed by atoms with E-state index in [2.05, 4.69) is 144 Å². The molecule has 4 aromatic carbocycles. The van der Waals surface area contributed by atoms with Crippen LogP contribution >= 0.6 is 0 Å². The summed E-state index contributed by atoms with van der Waals surface area (Å²) in [6.45, 7) is 9.95. The van der Waals surface area contributed by atoms with Crippen LogP contribution in [0, 0.1) is 0 Å². The third-order valence-corrected chi connectivity index (χ3v) is 9.52. The molecular formula is C44H42N4. The molecule has 0 saturated carbocycles. The van der Waals surface area contributed by atoms with Gasteiger partial charge in [-0.3, -0.25) is 0 Å². The zero-order chi connectivity index (χ0) is 33.0. The molecule has 4 heteroatoms. The van der Waals surface area contributed by atoms with Gasteiger partial charge in [-0.1, -0.05) is 110 Å². The smallest absolute Gasteiger partial charge is 0.0574 e. The molecule has 2 aliphatic heterocycles. The lowest BCUT2D eigenvalue weighted by atomic mass is 9.83. The summed E-state index contributed by atoms with van der Waals surface area (Å²) >= 11 is 0. The fourth-order valence-corrected chi connectivity index (χ4v) is 6.97. The number of fused-ring (bicyclic) bond motifs is 3. The van der Waals surface area contributed by atoms with E-state index in [1.165, 1.54) is 22.3 Å². The maximum Gasteiger partial charge on any atom is 0.0574 e. The van der Waals surface area contributed by atoms with E-state index in [9.17, 15) is 0 Å². The maximum atomic E-state index is 6.37. The van der Waals surface area contributed by atoms with Crippen LogP contribution in [0.1, 0.15) is 40.7 Å². The fraction of sp³-hybridized carbons (Fsp3) is 0.136. The Morgan fingerprint density at radius 2 is 1.58 bits per heavy atom. The summed E-state index contributed by atoms with van der Waals surface area (Å²) in [5.74, 6) is 0. The first kappa shape index (κ1) is 30.9. The summed E-state index contributed by atoms with van der Waals surface area (Å²) in [5, 5.41) is 3.67. The van der Waals surface area contributed by atoms with E-state index in [0.717, 1.165) is 69.8 Å². The van der Waals surface area contributed by atoms with Gasteiger partial charge in [0.15, 0.2) is 0 Å². The predicted molar refractivity (Wildman–Crippen MR) is 207 cm³/mol. The van der Waals surface area contributed by atoms with Crippen molar-refractivity contribution in [2.45, 2.75) is 25.3 Å². The highest BCUT2D eigenvalue weighted by atomic mass is 15.2. The van der Waals surface area contributed by atoms with Crippen LogP contribution in [0.3, 0.4) is 0 Å². The zero-order valence-electron chi connectivity index (χ0n) is 27.6. The van der Waals surface area contributed by atoms with E-state index in [1.54, 1.807) is 0 Å². The Bertz CT molecular complexity index is 2020. The molecular weight excluding hydrogens is 585 g/mol. The predicted octanol–water partition coefficient (Wildman–Crippen LogP) is 10.0. The SMILES string of the molecule is C=C1c2ccccc2/C(C2=CC=CCC2)=C\N(C)c2cc3c(cc21)C(=C)/C=C\C=C/N3C(CNc1ccccc1N)Cc1ccccc1. The number of rotatable bonds is 7. The van der Waals surface area contributed by atoms with Gasteiger partial charge in [0.1, 0.15) is 0 Å². The maximum absolute atomic E-state index is 6.37. The van der Waals surface area contributed by atoms with Crippen molar-refractivity contribution < 1.29 is 0 Å². The van der Waals surface area contributed by atoms with Gasteiger partial charge in [0, 0.05) is 42.7 Å². The largest absolute Gasteiger partial charge is 0.397 e. The number of nitrogens with one attached hydrogen (secondary N) is 1. The summed E-state index contributed by atoms with van der Waals surface area (Å²) in [7, 11) is 2.16. The van der Waals surface area contributed by atoms with Gasteiger partial charge < -0.3 is 20.9 Å². The van der Waals surface area contributed by atoms with Crippen molar-refractivity contribution in [2.75, 3.05) is 34.4 Å². The van der Waals surface area contributed by atoms with Gasteiger partial charge in [-0.15, -0.1) is 0 Å². The molecule has 238 valence electrons. The third-order valence-electron chi connectivity index (χ3n) is 9.52. The number of para-hydroxylation sites is 2. The highest BCUT2D eigenvalue weighted by Gasteiger charge is 2.27. The summed E-state index contributed by atoms with van der Waals surface area (Å²) in [4.78, 5) is 4.69. The Kier molecular flexibility index (Phi) is 8.72. The standard InChI is InChI=1S/C44H42N4/c1-31-16-14-15-25-48(35(26-33-17-6-4-7-18-33)29-46-42-24-13-12-23-41(42)45)44-28-43-39(27-38(31)44)32(2)36-21-10-11-22-37(36)40(30-47(43)3)34-19-8-5-9-20-34/h4-8,10-19,21-25,27-28,30,35,46H,1-2,9,20,26,29,45H2,3H3/b16-14-,25-15-,40-30-. The van der Waals surface area contributed by atoms with Gasteiger partial charge in [0.2, 0.25) is 0 Å². The van der Waals surface area contributed by atoms with Gasteiger partial charge in [-0.05, 0) is 83.0 Å². The van der Waals surface area contributed by atoms with Gasteiger partial charge in [0.25, 0.3) is 0 Å². The number of anilines is 4. The number of hydrogen-bond donors (Lipinski definition) is 2. The van der Waals surface area contributed by atoms with E-state index in [-0.39, 0.29) is 6.04 Å². The van der Waals surface area contributed by atoms with Crippen LogP contribution in [0.5, 0.6) is 0 Å². The van der Waals surface area contributed by atoms with Crippen LogP contribution in [0.15, 0.2) is 159 Å². The number of hydrogen-bond acceptors (Lipinski definition) is 4. The summed E-state index contributed by atoms with van der Waals surface area (Å²) in [6.07, 6.45) is 20.4. The van der Waals surface area contributed by atoms with E-state index in [4.69, 9.17) is 12.3 Å². The van der Waals surface area contributed by atoms with Crippen LogP contribution in [0.25, 0.3) is 16.7 Å². The lowest BCUT2D eigenvalue weighted by Gasteiger charge is -2.36. The Balaban J connectivity index is 1.38. The van der Waals surface area contributed by atoms with Gasteiger partial charge in [-0.25, -0.2) is 0 Å². The van der Waals surface area contributed by atoms with Crippen molar-refractivity contribution in [3.05, 3.63) is 186 Å². The van der Waals surface area contributed by atoms with Crippen molar-refractivity contribution in [3.8, 4) is 0 Å². The summed E-state index contributed by atoms with van der Waals surface area (Å²) in [5.41, 5.74) is 20.6. The number of nitrogen functional groups attached to an aromatic ring is 1. The number of benzene rings is 4.